The molecule has 1 aromatic heterocycles. The molecule has 1 fully saturated rings. The molecule has 29 heavy (non-hydrogen) atoms. The smallest absolute Gasteiger partial charge is 0.257 e. The van der Waals surface area contributed by atoms with E-state index < -0.39 is 0 Å². The molecule has 4 nitrogen and oxygen atoms in total. The van der Waals surface area contributed by atoms with Crippen molar-refractivity contribution < 1.29 is 9.21 Å². The maximum atomic E-state index is 12.5. The number of aromatic nitrogens is 1. The van der Waals surface area contributed by atoms with E-state index in [1.54, 1.807) is 0 Å². The number of carbonyl (C=O) groups is 1. The van der Waals surface area contributed by atoms with Gasteiger partial charge in [-0.15, -0.1) is 0 Å². The van der Waals surface area contributed by atoms with Gasteiger partial charge in [0.2, 0.25) is 5.91 Å². The average Bonchev–Trinajstić information content (AvgIpc) is 3.20. The SMILES string of the molecule is C[C@@H]1CCCC[C@H]1NC(=O)CSc1nc(-c2ccccc2)c(-c2ccccc2)o1. The van der Waals surface area contributed by atoms with Crippen LogP contribution in [-0.4, -0.2) is 22.7 Å². The number of nitrogens with one attached hydrogen (secondary N) is 1. The minimum absolute atomic E-state index is 0.0504. The zero-order valence-electron chi connectivity index (χ0n) is 16.6. The molecule has 1 N–H and O–H groups in total. The minimum Gasteiger partial charge on any atom is -0.431 e. The highest BCUT2D eigenvalue weighted by molar-refractivity contribution is 7.99. The van der Waals surface area contributed by atoms with Crippen LogP contribution in [0.4, 0.5) is 0 Å². The zero-order valence-corrected chi connectivity index (χ0v) is 17.5. The Morgan fingerprint density at radius 3 is 2.38 bits per heavy atom. The number of oxazole rings is 1. The lowest BCUT2D eigenvalue weighted by Gasteiger charge is -2.29. The molecule has 0 saturated heterocycles. The van der Waals surface area contributed by atoms with Gasteiger partial charge in [-0.2, -0.15) is 0 Å². The summed E-state index contributed by atoms with van der Waals surface area (Å²) >= 11 is 1.35. The first-order valence-corrected chi connectivity index (χ1v) is 11.2. The number of rotatable bonds is 6. The first kappa shape index (κ1) is 19.8. The molecule has 2 atom stereocenters. The number of hydrogen-bond donors (Lipinski definition) is 1. The van der Waals surface area contributed by atoms with Crippen molar-refractivity contribution in [3.05, 3.63) is 60.7 Å². The zero-order chi connectivity index (χ0) is 20.1. The van der Waals surface area contributed by atoms with Gasteiger partial charge < -0.3 is 9.73 Å². The van der Waals surface area contributed by atoms with Crippen LogP contribution in [0.5, 0.6) is 0 Å². The molecule has 0 radical (unpaired) electrons. The quantitative estimate of drug-likeness (QED) is 0.526. The van der Waals surface area contributed by atoms with Crippen molar-refractivity contribution in [2.24, 2.45) is 5.92 Å². The highest BCUT2D eigenvalue weighted by atomic mass is 32.2. The number of carbonyl (C=O) groups excluding carboxylic acids is 1. The van der Waals surface area contributed by atoms with Crippen LogP contribution >= 0.6 is 11.8 Å². The highest BCUT2D eigenvalue weighted by Crippen LogP contribution is 2.35. The lowest BCUT2D eigenvalue weighted by Crippen LogP contribution is -2.41. The highest BCUT2D eigenvalue weighted by Gasteiger charge is 2.23. The molecular weight excluding hydrogens is 380 g/mol. The van der Waals surface area contributed by atoms with Crippen molar-refractivity contribution in [2.45, 2.75) is 43.9 Å². The Hall–Kier alpha value is -2.53. The van der Waals surface area contributed by atoms with E-state index in [4.69, 9.17) is 9.40 Å². The Kier molecular flexibility index (Phi) is 6.35. The Morgan fingerprint density at radius 1 is 1.03 bits per heavy atom. The van der Waals surface area contributed by atoms with Crippen LogP contribution in [0.2, 0.25) is 0 Å². The molecule has 1 aliphatic rings. The lowest BCUT2D eigenvalue weighted by molar-refractivity contribution is -0.119. The van der Waals surface area contributed by atoms with Gasteiger partial charge in [-0.25, -0.2) is 4.98 Å². The monoisotopic (exact) mass is 406 g/mol. The normalized spacial score (nSPS) is 19.1. The van der Waals surface area contributed by atoms with Crippen LogP contribution < -0.4 is 5.32 Å². The van der Waals surface area contributed by atoms with Crippen molar-refractivity contribution in [2.75, 3.05) is 5.75 Å². The van der Waals surface area contributed by atoms with Crippen LogP contribution in [-0.2, 0) is 4.79 Å². The van der Waals surface area contributed by atoms with E-state index >= 15 is 0 Å². The largest absolute Gasteiger partial charge is 0.431 e. The first-order valence-electron chi connectivity index (χ1n) is 10.2. The first-order chi connectivity index (χ1) is 14.2. The summed E-state index contributed by atoms with van der Waals surface area (Å²) in [5.41, 5.74) is 2.79. The molecule has 2 aromatic carbocycles. The molecule has 3 aromatic rings. The van der Waals surface area contributed by atoms with Crippen LogP contribution in [0.15, 0.2) is 70.3 Å². The Bertz CT molecular complexity index is 883. The number of hydrogen-bond acceptors (Lipinski definition) is 4. The standard InChI is InChI=1S/C24H26N2O2S/c1-17-10-8-9-15-20(17)25-21(27)16-29-24-26-22(18-11-4-2-5-12-18)23(28-24)19-13-6-3-7-14-19/h2-7,11-14,17,20H,8-10,15-16H2,1H3,(H,25,27)/t17-,20-/m1/s1. The van der Waals surface area contributed by atoms with E-state index in [2.05, 4.69) is 12.2 Å². The maximum absolute atomic E-state index is 12.5. The Labute approximate surface area is 176 Å². The molecule has 5 heteroatoms. The van der Waals surface area contributed by atoms with Crippen molar-refractivity contribution in [3.8, 4) is 22.6 Å². The third-order valence-corrected chi connectivity index (χ3v) is 6.30. The molecule has 1 heterocycles. The molecule has 150 valence electrons. The fraction of sp³-hybridized carbons (Fsp3) is 0.333. The molecule has 1 aliphatic carbocycles. The fourth-order valence-electron chi connectivity index (χ4n) is 3.85. The number of nitrogens with zero attached hydrogens (tertiary/aromatic N) is 1. The van der Waals surface area contributed by atoms with Gasteiger partial charge in [0.05, 0.1) is 5.75 Å². The molecule has 0 unspecified atom stereocenters. The van der Waals surface area contributed by atoms with Crippen LogP contribution in [0.3, 0.4) is 0 Å². The molecule has 0 aliphatic heterocycles. The fourth-order valence-corrected chi connectivity index (χ4v) is 4.48. The second kappa shape index (κ2) is 9.31. The summed E-state index contributed by atoms with van der Waals surface area (Å²) in [5, 5.41) is 3.72. The Balaban J connectivity index is 1.49. The molecule has 0 spiro atoms. The summed E-state index contributed by atoms with van der Waals surface area (Å²) in [5.74, 6) is 1.65. The average molecular weight is 407 g/mol. The van der Waals surface area contributed by atoms with E-state index in [-0.39, 0.29) is 5.91 Å². The molecular formula is C24H26N2O2S. The predicted molar refractivity (Wildman–Crippen MR) is 118 cm³/mol. The van der Waals surface area contributed by atoms with Gasteiger partial charge in [0.25, 0.3) is 5.22 Å². The summed E-state index contributed by atoms with van der Waals surface area (Å²) < 4.78 is 6.09. The van der Waals surface area contributed by atoms with Gasteiger partial charge in [0.15, 0.2) is 5.76 Å². The minimum atomic E-state index is 0.0504. The van der Waals surface area contributed by atoms with E-state index in [0.717, 1.165) is 29.0 Å². The molecule has 0 bridgehead atoms. The molecule has 4 rings (SSSR count). The van der Waals surface area contributed by atoms with Crippen LogP contribution in [0, 0.1) is 5.92 Å². The van der Waals surface area contributed by atoms with Gasteiger partial charge in [0.1, 0.15) is 5.69 Å². The second-order valence-corrected chi connectivity index (χ2v) is 8.54. The van der Waals surface area contributed by atoms with Crippen molar-refractivity contribution >= 4 is 17.7 Å². The topological polar surface area (TPSA) is 55.1 Å². The summed E-state index contributed by atoms with van der Waals surface area (Å²) in [7, 11) is 0. The molecule has 1 amide bonds. The second-order valence-electron chi connectivity index (χ2n) is 7.61. The Morgan fingerprint density at radius 2 is 1.69 bits per heavy atom. The maximum Gasteiger partial charge on any atom is 0.257 e. The van der Waals surface area contributed by atoms with Gasteiger partial charge in [0, 0.05) is 17.2 Å². The van der Waals surface area contributed by atoms with Crippen LogP contribution in [0.1, 0.15) is 32.6 Å². The van der Waals surface area contributed by atoms with Gasteiger partial charge in [-0.05, 0) is 18.8 Å². The van der Waals surface area contributed by atoms with Gasteiger partial charge in [-0.1, -0.05) is 92.2 Å². The summed E-state index contributed by atoms with van der Waals surface area (Å²) in [4.78, 5) is 17.2. The number of amides is 1. The van der Waals surface area contributed by atoms with Gasteiger partial charge in [-0.3, -0.25) is 4.79 Å². The van der Waals surface area contributed by atoms with E-state index in [1.807, 2.05) is 60.7 Å². The van der Waals surface area contributed by atoms with Crippen molar-refractivity contribution in [1.82, 2.24) is 10.3 Å². The third-order valence-electron chi connectivity index (χ3n) is 5.48. The number of benzene rings is 2. The summed E-state index contributed by atoms with van der Waals surface area (Å²) in [6, 6.07) is 20.3. The molecule has 1 saturated carbocycles. The lowest BCUT2D eigenvalue weighted by atomic mass is 9.86. The van der Waals surface area contributed by atoms with Gasteiger partial charge >= 0.3 is 0 Å². The van der Waals surface area contributed by atoms with E-state index in [0.29, 0.717) is 22.9 Å². The van der Waals surface area contributed by atoms with Crippen molar-refractivity contribution in [3.63, 3.8) is 0 Å². The van der Waals surface area contributed by atoms with Crippen LogP contribution in [0.25, 0.3) is 22.6 Å². The summed E-state index contributed by atoms with van der Waals surface area (Å²) in [6.45, 7) is 2.23. The summed E-state index contributed by atoms with van der Waals surface area (Å²) in [6.07, 6.45) is 4.73. The van der Waals surface area contributed by atoms with E-state index in [9.17, 15) is 4.79 Å². The number of thioether (sulfide) groups is 1. The van der Waals surface area contributed by atoms with Crippen molar-refractivity contribution in [1.29, 1.82) is 0 Å². The third kappa shape index (κ3) is 4.91. The predicted octanol–water partition coefficient (Wildman–Crippen LogP) is 5.80. The van der Waals surface area contributed by atoms with E-state index in [1.165, 1.54) is 31.0 Å².